The van der Waals surface area contributed by atoms with Crippen molar-refractivity contribution in [3.63, 3.8) is 0 Å². The molecule has 0 atom stereocenters. The second-order valence-corrected chi connectivity index (χ2v) is 7.08. The third kappa shape index (κ3) is 3.03. The summed E-state index contributed by atoms with van der Waals surface area (Å²) in [6, 6.07) is 5.12. The van der Waals surface area contributed by atoms with Crippen LogP contribution in [-0.2, 0) is 16.4 Å². The van der Waals surface area contributed by atoms with Crippen LogP contribution in [0.2, 0.25) is 5.02 Å². The van der Waals surface area contributed by atoms with Gasteiger partial charge in [0.1, 0.15) is 0 Å². The second kappa shape index (κ2) is 5.17. The number of hydrogen-bond acceptors (Lipinski definition) is 4. The van der Waals surface area contributed by atoms with Crippen LogP contribution in [-0.4, -0.2) is 31.9 Å². The summed E-state index contributed by atoms with van der Waals surface area (Å²) in [6.45, 7) is 0.402. The van der Waals surface area contributed by atoms with E-state index in [0.717, 1.165) is 0 Å². The molecule has 0 bridgehead atoms. The van der Waals surface area contributed by atoms with E-state index in [2.05, 4.69) is 5.32 Å². The lowest BCUT2D eigenvalue weighted by molar-refractivity contribution is 0.0618. The van der Waals surface area contributed by atoms with Gasteiger partial charge in [0.15, 0.2) is 9.84 Å². The zero-order chi connectivity index (χ0) is 13.3. The first-order valence-electron chi connectivity index (χ1n) is 5.77. The minimum atomic E-state index is -3.28. The Morgan fingerprint density at radius 1 is 1.44 bits per heavy atom. The number of benzene rings is 1. The Bertz CT molecular complexity index is 538. The molecular formula is C12H16ClNO3S. The second-order valence-electron chi connectivity index (χ2n) is 4.69. The van der Waals surface area contributed by atoms with E-state index in [1.165, 1.54) is 6.26 Å². The van der Waals surface area contributed by atoms with Crippen LogP contribution in [0.15, 0.2) is 23.1 Å². The van der Waals surface area contributed by atoms with Gasteiger partial charge in [-0.3, -0.25) is 0 Å². The van der Waals surface area contributed by atoms with Crippen LogP contribution in [0.5, 0.6) is 0 Å². The normalized spacial score (nSPS) is 23.7. The van der Waals surface area contributed by atoms with E-state index in [4.69, 9.17) is 11.6 Å². The summed E-state index contributed by atoms with van der Waals surface area (Å²) in [7, 11) is -3.28. The first-order chi connectivity index (χ1) is 8.38. The van der Waals surface area contributed by atoms with Crippen molar-refractivity contribution in [3.8, 4) is 0 Å². The number of nitrogens with one attached hydrogen (secondary N) is 1. The number of hydrogen-bond donors (Lipinski definition) is 2. The number of sulfone groups is 1. The van der Waals surface area contributed by atoms with Crippen LogP contribution in [0.4, 0.5) is 0 Å². The van der Waals surface area contributed by atoms with Crippen LogP contribution >= 0.6 is 11.6 Å². The van der Waals surface area contributed by atoms with Crippen molar-refractivity contribution in [3.05, 3.63) is 28.8 Å². The first kappa shape index (κ1) is 13.8. The van der Waals surface area contributed by atoms with Crippen molar-refractivity contribution < 1.29 is 13.5 Å². The number of aliphatic hydroxyl groups is 1. The Hall–Kier alpha value is -0.620. The molecule has 2 N–H and O–H groups in total. The standard InChI is InChI=1S/C12H16ClNO3S/c1-18(16,17)12-4-2-3-11(13)10(12)7-14-8-5-9(15)6-8/h2-4,8-9,14-15H,5-7H2,1H3. The maximum atomic E-state index is 11.7. The lowest BCUT2D eigenvalue weighted by Crippen LogP contribution is -2.43. The molecule has 4 nitrogen and oxygen atoms in total. The van der Waals surface area contributed by atoms with Gasteiger partial charge < -0.3 is 10.4 Å². The van der Waals surface area contributed by atoms with Crippen LogP contribution in [0.25, 0.3) is 0 Å². The molecule has 1 aliphatic rings. The van der Waals surface area contributed by atoms with E-state index in [0.29, 0.717) is 30.0 Å². The minimum Gasteiger partial charge on any atom is -0.393 e. The van der Waals surface area contributed by atoms with Gasteiger partial charge in [0, 0.05) is 29.4 Å². The summed E-state index contributed by atoms with van der Waals surface area (Å²) < 4.78 is 23.3. The van der Waals surface area contributed by atoms with Gasteiger partial charge >= 0.3 is 0 Å². The van der Waals surface area contributed by atoms with Crippen molar-refractivity contribution in [1.82, 2.24) is 5.32 Å². The third-order valence-electron chi connectivity index (χ3n) is 3.16. The van der Waals surface area contributed by atoms with Crippen molar-refractivity contribution in [1.29, 1.82) is 0 Å². The predicted octanol–water partition coefficient (Wildman–Crippen LogP) is 1.36. The summed E-state index contributed by atoms with van der Waals surface area (Å²) in [5.41, 5.74) is 0.600. The Morgan fingerprint density at radius 2 is 2.11 bits per heavy atom. The molecule has 0 heterocycles. The lowest BCUT2D eigenvalue weighted by atomic mass is 9.89. The smallest absolute Gasteiger partial charge is 0.175 e. The maximum absolute atomic E-state index is 11.7. The van der Waals surface area contributed by atoms with E-state index < -0.39 is 9.84 Å². The molecule has 1 aromatic carbocycles. The molecule has 2 rings (SSSR count). The topological polar surface area (TPSA) is 66.4 Å². The summed E-state index contributed by atoms with van der Waals surface area (Å²) in [5, 5.41) is 12.9. The zero-order valence-electron chi connectivity index (χ0n) is 10.1. The fraction of sp³-hybridized carbons (Fsp3) is 0.500. The molecule has 6 heteroatoms. The average Bonchev–Trinajstić information content (AvgIpc) is 2.22. The Labute approximate surface area is 112 Å². The highest BCUT2D eigenvalue weighted by molar-refractivity contribution is 7.90. The molecule has 1 aromatic rings. The summed E-state index contributed by atoms with van der Waals surface area (Å²) in [4.78, 5) is 0.266. The van der Waals surface area contributed by atoms with E-state index in [-0.39, 0.29) is 17.0 Å². The molecule has 0 spiro atoms. The molecule has 1 saturated carbocycles. The molecule has 0 aromatic heterocycles. The van der Waals surface area contributed by atoms with E-state index >= 15 is 0 Å². The Morgan fingerprint density at radius 3 is 2.67 bits per heavy atom. The van der Waals surface area contributed by atoms with Crippen LogP contribution in [0, 0.1) is 0 Å². The first-order valence-corrected chi connectivity index (χ1v) is 8.04. The minimum absolute atomic E-state index is 0.233. The number of aliphatic hydroxyl groups excluding tert-OH is 1. The van der Waals surface area contributed by atoms with Crippen LogP contribution in [0.1, 0.15) is 18.4 Å². The summed E-state index contributed by atoms with van der Waals surface area (Å²) in [5.74, 6) is 0. The molecule has 1 aliphatic carbocycles. The highest BCUT2D eigenvalue weighted by atomic mass is 35.5. The van der Waals surface area contributed by atoms with Gasteiger partial charge in [0.25, 0.3) is 0 Å². The summed E-state index contributed by atoms with van der Waals surface area (Å²) in [6.07, 6.45) is 2.36. The molecule has 100 valence electrons. The summed E-state index contributed by atoms with van der Waals surface area (Å²) >= 11 is 6.05. The van der Waals surface area contributed by atoms with Crippen LogP contribution < -0.4 is 5.32 Å². The Balaban J connectivity index is 2.16. The fourth-order valence-electron chi connectivity index (χ4n) is 2.06. The maximum Gasteiger partial charge on any atom is 0.175 e. The lowest BCUT2D eigenvalue weighted by Gasteiger charge is -2.32. The molecule has 0 radical (unpaired) electrons. The quantitative estimate of drug-likeness (QED) is 0.878. The largest absolute Gasteiger partial charge is 0.393 e. The van der Waals surface area contributed by atoms with Crippen molar-refractivity contribution in [2.45, 2.75) is 36.4 Å². The number of halogens is 1. The third-order valence-corrected chi connectivity index (χ3v) is 4.69. The SMILES string of the molecule is CS(=O)(=O)c1cccc(Cl)c1CNC1CC(O)C1. The molecular weight excluding hydrogens is 274 g/mol. The van der Waals surface area contributed by atoms with Gasteiger partial charge in [-0.15, -0.1) is 0 Å². The van der Waals surface area contributed by atoms with Crippen molar-refractivity contribution >= 4 is 21.4 Å². The monoisotopic (exact) mass is 289 g/mol. The molecule has 0 aliphatic heterocycles. The highest BCUT2D eigenvalue weighted by Crippen LogP contribution is 2.25. The highest BCUT2D eigenvalue weighted by Gasteiger charge is 2.27. The van der Waals surface area contributed by atoms with E-state index in [1.807, 2.05) is 0 Å². The van der Waals surface area contributed by atoms with Gasteiger partial charge in [-0.25, -0.2) is 8.42 Å². The van der Waals surface area contributed by atoms with Crippen molar-refractivity contribution in [2.75, 3.05) is 6.26 Å². The Kier molecular flexibility index (Phi) is 3.96. The molecule has 0 amide bonds. The van der Waals surface area contributed by atoms with Crippen molar-refractivity contribution in [2.24, 2.45) is 0 Å². The van der Waals surface area contributed by atoms with E-state index in [1.54, 1.807) is 18.2 Å². The van der Waals surface area contributed by atoms with Crippen LogP contribution in [0.3, 0.4) is 0 Å². The number of rotatable bonds is 4. The van der Waals surface area contributed by atoms with Gasteiger partial charge in [-0.2, -0.15) is 0 Å². The van der Waals surface area contributed by atoms with Gasteiger partial charge in [0.2, 0.25) is 0 Å². The zero-order valence-corrected chi connectivity index (χ0v) is 11.6. The van der Waals surface area contributed by atoms with Gasteiger partial charge in [0.05, 0.1) is 11.0 Å². The predicted molar refractivity (Wildman–Crippen MR) is 70.4 cm³/mol. The van der Waals surface area contributed by atoms with Gasteiger partial charge in [-0.1, -0.05) is 17.7 Å². The average molecular weight is 290 g/mol. The molecule has 0 unspecified atom stereocenters. The van der Waals surface area contributed by atoms with E-state index in [9.17, 15) is 13.5 Å². The molecule has 1 fully saturated rings. The fourth-order valence-corrected chi connectivity index (χ4v) is 3.31. The van der Waals surface area contributed by atoms with Gasteiger partial charge in [-0.05, 0) is 25.0 Å². The molecule has 0 saturated heterocycles. The molecule has 18 heavy (non-hydrogen) atoms.